The normalized spacial score (nSPS) is 18.2. The minimum atomic E-state index is -0.253. The molecule has 0 amide bonds. The second-order valence-corrected chi connectivity index (χ2v) is 12.3. The van der Waals surface area contributed by atoms with Gasteiger partial charge in [0, 0.05) is 25.3 Å². The summed E-state index contributed by atoms with van der Waals surface area (Å²) in [5, 5.41) is 0. The van der Waals surface area contributed by atoms with Gasteiger partial charge in [-0.3, -0.25) is 9.29 Å². The van der Waals surface area contributed by atoms with Crippen molar-refractivity contribution >= 4 is 16.8 Å². The van der Waals surface area contributed by atoms with E-state index in [2.05, 4.69) is 87.2 Å². The van der Waals surface area contributed by atoms with Gasteiger partial charge in [-0.05, 0) is 113 Å². The van der Waals surface area contributed by atoms with E-state index in [0.29, 0.717) is 6.42 Å². The van der Waals surface area contributed by atoms with Gasteiger partial charge in [-0.1, -0.05) is 57.2 Å². The minimum absolute atomic E-state index is 0.119. The molecule has 2 N–H and O–H groups in total. The van der Waals surface area contributed by atoms with Gasteiger partial charge in [-0.15, -0.1) is 0 Å². The molecule has 1 atom stereocenters. The molecular weight excluding hydrogens is 483 g/mol. The zero-order valence-electron chi connectivity index (χ0n) is 24.0. The number of fused-ring (bicyclic) bond motifs is 1. The molecule has 206 valence electrons. The zero-order valence-corrected chi connectivity index (χ0v) is 24.0. The van der Waals surface area contributed by atoms with E-state index >= 15 is 0 Å². The maximum Gasteiger partial charge on any atom is 0.119 e. The summed E-state index contributed by atoms with van der Waals surface area (Å²) in [6, 6.07) is 22.0. The fraction of sp³-hybridized carbons (Fsp3) is 0.429. The Morgan fingerprint density at radius 3 is 2.46 bits per heavy atom. The van der Waals surface area contributed by atoms with E-state index < -0.39 is 0 Å². The second-order valence-electron chi connectivity index (χ2n) is 12.3. The summed E-state index contributed by atoms with van der Waals surface area (Å²) >= 11 is 0. The number of ether oxygens (including phenoxy) is 1. The van der Waals surface area contributed by atoms with Crippen molar-refractivity contribution < 1.29 is 9.13 Å². The standard InChI is InChI=1S/C35H43FN2O/c1-24-21-27(35(2,3)4)11-15-31(24)33-8-5-7-26-22-28(37)12-16-32(26)34(33)25-9-13-29(14-10-25)39-30-17-20-38(23-30)19-6-18-36/h9-16,21-22,30H,5-8,17-20,23,37H2,1-4H3/t30-/m0/s1. The highest BCUT2D eigenvalue weighted by Gasteiger charge is 2.25. The number of rotatable bonds is 7. The van der Waals surface area contributed by atoms with Crippen LogP contribution in [0.5, 0.6) is 5.75 Å². The van der Waals surface area contributed by atoms with Crippen LogP contribution in [0.1, 0.15) is 79.8 Å². The SMILES string of the molecule is Cc1cc(C(C)(C)C)ccc1C1=C(c2ccc(O[C@H]3CCN(CCCF)C3)cc2)c2ccc(N)cc2CCC1. The van der Waals surface area contributed by atoms with Crippen molar-refractivity contribution in [3.63, 3.8) is 0 Å². The van der Waals surface area contributed by atoms with Crippen molar-refractivity contribution in [2.75, 3.05) is 32.0 Å². The Hall–Kier alpha value is -3.11. The molecule has 39 heavy (non-hydrogen) atoms. The number of nitrogens with two attached hydrogens (primary N) is 1. The van der Waals surface area contributed by atoms with Gasteiger partial charge in [0.25, 0.3) is 0 Å². The topological polar surface area (TPSA) is 38.5 Å². The van der Waals surface area contributed by atoms with Crippen LogP contribution in [-0.4, -0.2) is 37.3 Å². The first-order chi connectivity index (χ1) is 18.7. The molecule has 1 heterocycles. The van der Waals surface area contributed by atoms with E-state index in [-0.39, 0.29) is 18.2 Å². The molecule has 5 rings (SSSR count). The fourth-order valence-corrected chi connectivity index (χ4v) is 6.15. The van der Waals surface area contributed by atoms with E-state index in [1.807, 2.05) is 6.07 Å². The number of hydrogen-bond donors (Lipinski definition) is 1. The van der Waals surface area contributed by atoms with Crippen molar-refractivity contribution in [1.82, 2.24) is 4.90 Å². The van der Waals surface area contributed by atoms with E-state index in [0.717, 1.165) is 56.8 Å². The van der Waals surface area contributed by atoms with Crippen LogP contribution in [-0.2, 0) is 11.8 Å². The van der Waals surface area contributed by atoms with Crippen LogP contribution in [0.4, 0.5) is 10.1 Å². The van der Waals surface area contributed by atoms with Crippen molar-refractivity contribution in [2.24, 2.45) is 0 Å². The monoisotopic (exact) mass is 526 g/mol. The fourth-order valence-electron chi connectivity index (χ4n) is 6.15. The number of anilines is 1. The first kappa shape index (κ1) is 27.5. The zero-order chi connectivity index (χ0) is 27.6. The number of aryl methyl sites for hydroxylation is 2. The van der Waals surface area contributed by atoms with Crippen molar-refractivity contribution in [1.29, 1.82) is 0 Å². The Kier molecular flexibility index (Phi) is 8.13. The van der Waals surface area contributed by atoms with Crippen molar-refractivity contribution in [3.8, 4) is 5.75 Å². The van der Waals surface area contributed by atoms with Gasteiger partial charge in [0.05, 0.1) is 6.67 Å². The molecule has 3 aromatic rings. The summed E-state index contributed by atoms with van der Waals surface area (Å²) in [5.74, 6) is 0.898. The number of nitrogen functional groups attached to an aromatic ring is 1. The van der Waals surface area contributed by atoms with E-state index in [4.69, 9.17) is 10.5 Å². The third-order valence-corrected chi connectivity index (χ3v) is 8.27. The summed E-state index contributed by atoms with van der Waals surface area (Å²) in [6.45, 7) is 11.5. The van der Waals surface area contributed by atoms with Crippen LogP contribution in [0.25, 0.3) is 11.1 Å². The predicted molar refractivity (Wildman–Crippen MR) is 162 cm³/mol. The molecule has 4 heteroatoms. The lowest BCUT2D eigenvalue weighted by Crippen LogP contribution is -2.26. The maximum atomic E-state index is 12.6. The summed E-state index contributed by atoms with van der Waals surface area (Å²) in [6.07, 6.45) is 4.89. The third-order valence-electron chi connectivity index (χ3n) is 8.27. The van der Waals surface area contributed by atoms with Crippen LogP contribution in [0.15, 0.2) is 60.7 Å². The summed E-state index contributed by atoms with van der Waals surface area (Å²) in [4.78, 5) is 2.30. The quantitative estimate of drug-likeness (QED) is 0.317. The largest absolute Gasteiger partial charge is 0.489 e. The Balaban J connectivity index is 1.51. The highest BCUT2D eigenvalue weighted by atomic mass is 19.1. The minimum Gasteiger partial charge on any atom is -0.489 e. The predicted octanol–water partition coefficient (Wildman–Crippen LogP) is 7.98. The van der Waals surface area contributed by atoms with Crippen molar-refractivity contribution in [2.45, 2.75) is 71.3 Å². The number of alkyl halides is 1. The smallest absolute Gasteiger partial charge is 0.119 e. The van der Waals surface area contributed by atoms with E-state index in [1.165, 1.54) is 44.5 Å². The molecule has 1 aliphatic heterocycles. The first-order valence-corrected chi connectivity index (χ1v) is 14.5. The average Bonchev–Trinajstić information content (AvgIpc) is 3.26. The molecule has 2 aliphatic rings. The van der Waals surface area contributed by atoms with Gasteiger partial charge >= 0.3 is 0 Å². The lowest BCUT2D eigenvalue weighted by Gasteiger charge is -2.23. The summed E-state index contributed by atoms with van der Waals surface area (Å²) in [5.41, 5.74) is 17.7. The molecular formula is C35H43FN2O. The Bertz CT molecular complexity index is 1340. The van der Waals surface area contributed by atoms with Crippen LogP contribution in [0.2, 0.25) is 0 Å². The number of nitrogens with zero attached hydrogens (tertiary/aromatic N) is 1. The van der Waals surface area contributed by atoms with Crippen LogP contribution < -0.4 is 10.5 Å². The first-order valence-electron chi connectivity index (χ1n) is 14.5. The molecule has 1 aliphatic carbocycles. The van der Waals surface area contributed by atoms with E-state index in [9.17, 15) is 4.39 Å². The highest BCUT2D eigenvalue weighted by Crippen LogP contribution is 2.42. The van der Waals surface area contributed by atoms with Gasteiger partial charge in [0.1, 0.15) is 11.9 Å². The van der Waals surface area contributed by atoms with Gasteiger partial charge in [0.2, 0.25) is 0 Å². The molecule has 0 radical (unpaired) electrons. The van der Waals surface area contributed by atoms with Crippen LogP contribution in [0, 0.1) is 6.92 Å². The second kappa shape index (κ2) is 11.6. The van der Waals surface area contributed by atoms with Crippen LogP contribution in [0.3, 0.4) is 0 Å². The Morgan fingerprint density at radius 1 is 0.974 bits per heavy atom. The molecule has 3 nitrogen and oxygen atoms in total. The molecule has 0 saturated carbocycles. The molecule has 0 unspecified atom stereocenters. The molecule has 0 aromatic heterocycles. The lowest BCUT2D eigenvalue weighted by atomic mass is 9.82. The lowest BCUT2D eigenvalue weighted by molar-refractivity contribution is 0.198. The number of likely N-dealkylation sites (tertiary alicyclic amines) is 1. The number of hydrogen-bond acceptors (Lipinski definition) is 3. The Morgan fingerprint density at radius 2 is 1.74 bits per heavy atom. The maximum absolute atomic E-state index is 12.6. The molecule has 3 aromatic carbocycles. The number of allylic oxidation sites excluding steroid dienone is 1. The van der Waals surface area contributed by atoms with Gasteiger partial charge < -0.3 is 10.5 Å². The average molecular weight is 527 g/mol. The molecule has 1 saturated heterocycles. The van der Waals surface area contributed by atoms with Gasteiger partial charge in [0.15, 0.2) is 0 Å². The Labute approximate surface area is 233 Å². The number of benzene rings is 3. The van der Waals surface area contributed by atoms with Crippen LogP contribution >= 0.6 is 0 Å². The van der Waals surface area contributed by atoms with Crippen molar-refractivity contribution in [3.05, 3.63) is 94.0 Å². The number of halogens is 1. The van der Waals surface area contributed by atoms with Gasteiger partial charge in [-0.2, -0.15) is 0 Å². The van der Waals surface area contributed by atoms with E-state index in [1.54, 1.807) is 0 Å². The third kappa shape index (κ3) is 6.22. The molecule has 1 fully saturated rings. The molecule has 0 spiro atoms. The summed E-state index contributed by atoms with van der Waals surface area (Å²) in [7, 11) is 0. The summed E-state index contributed by atoms with van der Waals surface area (Å²) < 4.78 is 18.9. The molecule has 0 bridgehead atoms. The van der Waals surface area contributed by atoms with Gasteiger partial charge in [-0.25, -0.2) is 0 Å². The highest BCUT2D eigenvalue weighted by molar-refractivity contribution is 6.00.